The Morgan fingerprint density at radius 1 is 1.19 bits per heavy atom. The van der Waals surface area contributed by atoms with Crippen molar-refractivity contribution >= 4 is 0 Å². The Morgan fingerprint density at radius 3 is 2.19 bits per heavy atom. The van der Waals surface area contributed by atoms with Crippen LogP contribution in [0.25, 0.3) is 0 Å². The zero-order valence-electron chi connectivity index (χ0n) is 12.4. The van der Waals surface area contributed by atoms with Crippen LogP contribution in [-0.4, -0.2) is 36.1 Å². The van der Waals surface area contributed by atoms with E-state index in [0.717, 1.165) is 6.54 Å². The summed E-state index contributed by atoms with van der Waals surface area (Å²) >= 11 is 0. The van der Waals surface area contributed by atoms with Gasteiger partial charge in [0.05, 0.1) is 0 Å². The van der Waals surface area contributed by atoms with Crippen LogP contribution in [0.2, 0.25) is 0 Å². The summed E-state index contributed by atoms with van der Waals surface area (Å²) < 4.78 is 0. The predicted octanol–water partition coefficient (Wildman–Crippen LogP) is 3.27. The first-order valence-electron chi connectivity index (χ1n) is 6.81. The van der Waals surface area contributed by atoms with Gasteiger partial charge in [0.15, 0.2) is 0 Å². The van der Waals surface area contributed by atoms with Gasteiger partial charge in [0.1, 0.15) is 0 Å². The van der Waals surface area contributed by atoms with Gasteiger partial charge in [0, 0.05) is 17.6 Å². The maximum atomic E-state index is 3.56. The summed E-state index contributed by atoms with van der Waals surface area (Å²) in [7, 11) is 2.25. The second-order valence-electron chi connectivity index (χ2n) is 5.72. The van der Waals surface area contributed by atoms with E-state index in [1.807, 2.05) is 0 Å². The van der Waals surface area contributed by atoms with Crippen LogP contribution in [0.1, 0.15) is 60.8 Å². The molecule has 0 saturated carbocycles. The number of nitrogens with one attached hydrogen (secondary N) is 1. The fraction of sp³-hybridized carbons (Fsp3) is 1.00. The van der Waals surface area contributed by atoms with Crippen LogP contribution in [0.4, 0.5) is 0 Å². The van der Waals surface area contributed by atoms with E-state index in [1.165, 1.54) is 19.3 Å². The van der Waals surface area contributed by atoms with E-state index < -0.39 is 0 Å². The van der Waals surface area contributed by atoms with Crippen LogP contribution in [0.3, 0.4) is 0 Å². The Kier molecular flexibility index (Phi) is 7.25. The molecule has 0 aliphatic carbocycles. The van der Waals surface area contributed by atoms with Crippen LogP contribution < -0.4 is 5.32 Å². The van der Waals surface area contributed by atoms with Gasteiger partial charge in [-0.15, -0.1) is 0 Å². The molecule has 0 amide bonds. The molecular formula is C14H32N2. The lowest BCUT2D eigenvalue weighted by Gasteiger charge is -2.40. The van der Waals surface area contributed by atoms with Crippen molar-refractivity contribution in [1.82, 2.24) is 10.2 Å². The predicted molar refractivity (Wildman–Crippen MR) is 74.0 cm³/mol. The van der Waals surface area contributed by atoms with Crippen molar-refractivity contribution in [3.05, 3.63) is 0 Å². The Hall–Kier alpha value is -0.0800. The summed E-state index contributed by atoms with van der Waals surface area (Å²) in [6, 6.07) is 1.25. The maximum absolute atomic E-state index is 3.56. The van der Waals surface area contributed by atoms with Gasteiger partial charge in [0.25, 0.3) is 0 Å². The van der Waals surface area contributed by atoms with Crippen molar-refractivity contribution in [2.24, 2.45) is 0 Å². The SMILES string of the molecule is CCCNC(C)CC(C)N(C)C(C)(C)CC. The molecule has 2 nitrogen and oxygen atoms in total. The van der Waals surface area contributed by atoms with Gasteiger partial charge in [-0.1, -0.05) is 13.8 Å². The standard InChI is InChI=1S/C14H32N2/c1-8-10-15-12(3)11-13(4)16(7)14(5,6)9-2/h12-13,15H,8-11H2,1-7H3. The average Bonchev–Trinajstić information content (AvgIpc) is 2.25. The highest BCUT2D eigenvalue weighted by Crippen LogP contribution is 2.21. The largest absolute Gasteiger partial charge is 0.314 e. The van der Waals surface area contributed by atoms with E-state index in [1.54, 1.807) is 0 Å². The minimum Gasteiger partial charge on any atom is -0.314 e. The zero-order chi connectivity index (χ0) is 12.8. The lowest BCUT2D eigenvalue weighted by molar-refractivity contribution is 0.0958. The third-order valence-electron chi connectivity index (χ3n) is 3.92. The van der Waals surface area contributed by atoms with E-state index in [-0.39, 0.29) is 0 Å². The maximum Gasteiger partial charge on any atom is 0.0150 e. The van der Waals surface area contributed by atoms with Crippen molar-refractivity contribution in [1.29, 1.82) is 0 Å². The van der Waals surface area contributed by atoms with Crippen molar-refractivity contribution in [2.45, 2.75) is 78.4 Å². The van der Waals surface area contributed by atoms with Crippen LogP contribution in [0, 0.1) is 0 Å². The number of rotatable bonds is 8. The van der Waals surface area contributed by atoms with Crippen LogP contribution >= 0.6 is 0 Å². The Balaban J connectivity index is 4.09. The van der Waals surface area contributed by atoms with E-state index in [9.17, 15) is 0 Å². The molecule has 0 fully saturated rings. The first-order chi connectivity index (χ1) is 7.35. The molecule has 0 rings (SSSR count). The van der Waals surface area contributed by atoms with Gasteiger partial charge in [-0.05, 0) is 60.5 Å². The first kappa shape index (κ1) is 15.9. The molecular weight excluding hydrogens is 196 g/mol. The molecule has 2 unspecified atom stereocenters. The number of hydrogen-bond acceptors (Lipinski definition) is 2. The molecule has 2 atom stereocenters. The summed E-state index contributed by atoms with van der Waals surface area (Å²) in [5.41, 5.74) is 0.309. The average molecular weight is 228 g/mol. The van der Waals surface area contributed by atoms with Gasteiger partial charge in [-0.3, -0.25) is 4.90 Å². The Morgan fingerprint density at radius 2 is 1.75 bits per heavy atom. The second-order valence-corrected chi connectivity index (χ2v) is 5.72. The summed E-state index contributed by atoms with van der Waals surface area (Å²) in [6.45, 7) is 14.9. The fourth-order valence-electron chi connectivity index (χ4n) is 1.99. The molecule has 0 radical (unpaired) electrons. The first-order valence-corrected chi connectivity index (χ1v) is 6.81. The van der Waals surface area contributed by atoms with E-state index in [0.29, 0.717) is 17.6 Å². The quantitative estimate of drug-likeness (QED) is 0.686. The van der Waals surface area contributed by atoms with Crippen molar-refractivity contribution < 1.29 is 0 Å². The molecule has 0 saturated heterocycles. The monoisotopic (exact) mass is 228 g/mol. The van der Waals surface area contributed by atoms with E-state index in [2.05, 4.69) is 58.8 Å². The van der Waals surface area contributed by atoms with Crippen molar-refractivity contribution in [2.75, 3.05) is 13.6 Å². The smallest absolute Gasteiger partial charge is 0.0150 e. The Labute approximate surface area is 103 Å². The molecule has 0 bridgehead atoms. The molecule has 16 heavy (non-hydrogen) atoms. The van der Waals surface area contributed by atoms with Gasteiger partial charge < -0.3 is 5.32 Å². The van der Waals surface area contributed by atoms with E-state index >= 15 is 0 Å². The molecule has 98 valence electrons. The highest BCUT2D eigenvalue weighted by Gasteiger charge is 2.25. The molecule has 0 aromatic heterocycles. The lowest BCUT2D eigenvalue weighted by Crippen LogP contribution is -2.47. The lowest BCUT2D eigenvalue weighted by atomic mass is 9.96. The topological polar surface area (TPSA) is 15.3 Å². The summed E-state index contributed by atoms with van der Waals surface area (Å²) in [5, 5.41) is 3.56. The van der Waals surface area contributed by atoms with Gasteiger partial charge >= 0.3 is 0 Å². The molecule has 1 N–H and O–H groups in total. The minimum absolute atomic E-state index is 0.309. The molecule has 0 aliphatic rings. The van der Waals surface area contributed by atoms with Gasteiger partial charge in [0.2, 0.25) is 0 Å². The third-order valence-corrected chi connectivity index (χ3v) is 3.92. The molecule has 0 aromatic carbocycles. The van der Waals surface area contributed by atoms with Gasteiger partial charge in [-0.2, -0.15) is 0 Å². The number of nitrogens with zero attached hydrogens (tertiary/aromatic N) is 1. The minimum atomic E-state index is 0.309. The fourth-order valence-corrected chi connectivity index (χ4v) is 1.99. The number of hydrogen-bond donors (Lipinski definition) is 1. The van der Waals surface area contributed by atoms with Crippen LogP contribution in [0.5, 0.6) is 0 Å². The van der Waals surface area contributed by atoms with E-state index in [4.69, 9.17) is 0 Å². The van der Waals surface area contributed by atoms with Crippen molar-refractivity contribution in [3.63, 3.8) is 0 Å². The molecule has 0 aromatic rings. The highest BCUT2D eigenvalue weighted by molar-refractivity contribution is 4.82. The molecule has 0 heterocycles. The van der Waals surface area contributed by atoms with Crippen LogP contribution in [-0.2, 0) is 0 Å². The molecule has 2 heteroatoms. The highest BCUT2D eigenvalue weighted by atomic mass is 15.2. The summed E-state index contributed by atoms with van der Waals surface area (Å²) in [5.74, 6) is 0. The summed E-state index contributed by atoms with van der Waals surface area (Å²) in [6.07, 6.45) is 3.64. The second kappa shape index (κ2) is 7.29. The molecule has 0 aliphatic heterocycles. The van der Waals surface area contributed by atoms with Crippen LogP contribution in [0.15, 0.2) is 0 Å². The summed E-state index contributed by atoms with van der Waals surface area (Å²) in [4.78, 5) is 2.51. The normalized spacial score (nSPS) is 16.5. The zero-order valence-corrected chi connectivity index (χ0v) is 12.4. The molecule has 0 spiro atoms. The Bertz CT molecular complexity index is 178. The van der Waals surface area contributed by atoms with Crippen molar-refractivity contribution in [3.8, 4) is 0 Å². The third kappa shape index (κ3) is 5.31. The van der Waals surface area contributed by atoms with Gasteiger partial charge in [-0.25, -0.2) is 0 Å².